The highest BCUT2D eigenvalue weighted by Crippen LogP contribution is 2.43. The van der Waals surface area contributed by atoms with Crippen LogP contribution in [0.25, 0.3) is 11.2 Å². The lowest BCUT2D eigenvalue weighted by Crippen LogP contribution is -2.38. The first kappa shape index (κ1) is 33.7. The Morgan fingerprint density at radius 2 is 1.55 bits per heavy atom. The molecule has 0 aliphatic carbocycles. The van der Waals surface area contributed by atoms with Crippen LogP contribution < -0.4 is 26.0 Å². The van der Waals surface area contributed by atoms with Gasteiger partial charge in [-0.25, -0.2) is 9.36 Å². The standard InChI is InChI=1S/C36H39N5O8/c1-21(2)32(43)38-34-37-31-30(33(44)39-34)40(3)35(45)41(31)29-19-27(42)28(49-29)20-48-36(22-9-7-6-8-10-22,23-11-15-25(46-4)16-12-23)24-13-17-26(47-5)18-14-24/h6-18,21,27-29,42H,19-20H2,1-5H3,(H2,37,38,39,43,44)/t27-,28+,29+/m0/s1. The summed E-state index contributed by atoms with van der Waals surface area (Å²) >= 11 is 0. The first-order valence-electron chi connectivity index (χ1n) is 15.9. The van der Waals surface area contributed by atoms with E-state index in [1.807, 2.05) is 78.9 Å². The van der Waals surface area contributed by atoms with Crippen LogP contribution >= 0.6 is 0 Å². The second-order valence-electron chi connectivity index (χ2n) is 12.2. The van der Waals surface area contributed by atoms with Gasteiger partial charge in [-0.3, -0.25) is 24.5 Å². The van der Waals surface area contributed by atoms with E-state index in [1.54, 1.807) is 28.1 Å². The number of methoxy groups -OCH3 is 2. The van der Waals surface area contributed by atoms with Gasteiger partial charge in [-0.05, 0) is 41.0 Å². The summed E-state index contributed by atoms with van der Waals surface area (Å²) in [7, 11) is 4.66. The van der Waals surface area contributed by atoms with Gasteiger partial charge in [0.25, 0.3) is 5.56 Å². The number of benzene rings is 3. The normalized spacial score (nSPS) is 17.8. The van der Waals surface area contributed by atoms with Crippen molar-refractivity contribution in [1.82, 2.24) is 19.1 Å². The van der Waals surface area contributed by atoms with Crippen molar-refractivity contribution in [1.29, 1.82) is 0 Å². The molecule has 0 saturated carbocycles. The number of hydrogen-bond donors (Lipinski definition) is 3. The maximum Gasteiger partial charge on any atom is 0.332 e. The number of hydrogen-bond acceptors (Lipinski definition) is 9. The fourth-order valence-electron chi connectivity index (χ4n) is 6.16. The predicted octanol–water partition coefficient (Wildman–Crippen LogP) is 3.69. The van der Waals surface area contributed by atoms with Crippen molar-refractivity contribution in [3.8, 4) is 11.5 Å². The second-order valence-corrected chi connectivity index (χ2v) is 12.2. The minimum absolute atomic E-state index is 0.00689. The topological polar surface area (TPSA) is 159 Å². The number of aromatic nitrogens is 4. The Balaban J connectivity index is 1.37. The SMILES string of the molecule is COc1ccc(C(OC[C@H]2O[C@@H](n3c(=O)n(C)c4c(=O)[nH]c(NC(=O)C(C)C)nc43)C[C@@H]2O)(c2ccccc2)c2ccc(OC)cc2)cc1. The Morgan fingerprint density at radius 1 is 0.980 bits per heavy atom. The third-order valence-corrected chi connectivity index (χ3v) is 8.83. The van der Waals surface area contributed by atoms with Crippen molar-refractivity contribution in [2.45, 2.75) is 44.3 Å². The maximum absolute atomic E-state index is 13.5. The smallest absolute Gasteiger partial charge is 0.332 e. The molecule has 5 aromatic rings. The van der Waals surface area contributed by atoms with Crippen molar-refractivity contribution < 1.29 is 28.8 Å². The van der Waals surface area contributed by atoms with Crippen molar-refractivity contribution >= 4 is 23.0 Å². The van der Waals surface area contributed by atoms with E-state index in [1.165, 1.54) is 16.2 Å². The van der Waals surface area contributed by atoms with Crippen LogP contribution in [0.3, 0.4) is 0 Å². The number of aliphatic hydroxyl groups excluding tert-OH is 1. The molecule has 0 spiro atoms. The first-order valence-corrected chi connectivity index (χ1v) is 15.9. The lowest BCUT2D eigenvalue weighted by Gasteiger charge is -2.37. The number of aromatic amines is 1. The largest absolute Gasteiger partial charge is 0.497 e. The number of ether oxygens (including phenoxy) is 4. The summed E-state index contributed by atoms with van der Waals surface area (Å²) in [6.07, 6.45) is -2.85. The first-order chi connectivity index (χ1) is 23.6. The van der Waals surface area contributed by atoms with E-state index >= 15 is 0 Å². The highest BCUT2D eigenvalue weighted by molar-refractivity contribution is 5.91. The predicted molar refractivity (Wildman–Crippen MR) is 182 cm³/mol. The molecule has 13 nitrogen and oxygen atoms in total. The number of carbonyl (C=O) groups excluding carboxylic acids is 1. The summed E-state index contributed by atoms with van der Waals surface area (Å²) in [5.41, 5.74) is 0.143. The van der Waals surface area contributed by atoms with E-state index in [-0.39, 0.29) is 42.0 Å². The number of aliphatic hydroxyl groups is 1. The van der Waals surface area contributed by atoms with E-state index in [0.717, 1.165) is 16.7 Å². The maximum atomic E-state index is 13.5. The lowest BCUT2D eigenvalue weighted by molar-refractivity contribution is -0.118. The zero-order valence-electron chi connectivity index (χ0n) is 27.9. The molecule has 1 saturated heterocycles. The third kappa shape index (κ3) is 6.23. The van der Waals surface area contributed by atoms with Gasteiger partial charge in [-0.1, -0.05) is 68.4 Å². The van der Waals surface area contributed by atoms with Crippen molar-refractivity contribution in [3.63, 3.8) is 0 Å². The fraction of sp³-hybridized carbons (Fsp3) is 0.333. The minimum Gasteiger partial charge on any atom is -0.497 e. The molecular formula is C36H39N5O8. The van der Waals surface area contributed by atoms with Crippen LogP contribution in [0.1, 0.15) is 43.2 Å². The van der Waals surface area contributed by atoms with E-state index in [0.29, 0.717) is 11.5 Å². The number of carbonyl (C=O) groups is 1. The Bertz CT molecular complexity index is 2000. The lowest BCUT2D eigenvalue weighted by atomic mass is 9.80. The number of rotatable bonds is 11. The number of fused-ring (bicyclic) bond motifs is 1. The van der Waals surface area contributed by atoms with E-state index in [4.69, 9.17) is 18.9 Å². The highest BCUT2D eigenvalue weighted by atomic mass is 16.6. The van der Waals surface area contributed by atoms with E-state index in [9.17, 15) is 19.5 Å². The number of nitrogens with zero attached hydrogens (tertiary/aromatic N) is 3. The minimum atomic E-state index is -1.16. The average Bonchev–Trinajstić information content (AvgIpc) is 3.60. The van der Waals surface area contributed by atoms with Crippen LogP contribution in [0.4, 0.5) is 5.95 Å². The van der Waals surface area contributed by atoms with Crippen molar-refractivity contribution in [2.75, 3.05) is 26.1 Å². The molecule has 3 aromatic carbocycles. The highest BCUT2D eigenvalue weighted by Gasteiger charge is 2.43. The monoisotopic (exact) mass is 669 g/mol. The molecule has 1 amide bonds. The number of nitrogens with one attached hydrogen (secondary N) is 2. The molecule has 13 heteroatoms. The zero-order valence-corrected chi connectivity index (χ0v) is 27.9. The van der Waals surface area contributed by atoms with Crippen LogP contribution in [-0.2, 0) is 26.9 Å². The van der Waals surface area contributed by atoms with E-state index in [2.05, 4.69) is 15.3 Å². The molecule has 49 heavy (non-hydrogen) atoms. The summed E-state index contributed by atoms with van der Waals surface area (Å²) in [5, 5.41) is 13.9. The van der Waals surface area contributed by atoms with Crippen molar-refractivity contribution in [2.24, 2.45) is 13.0 Å². The molecule has 6 rings (SSSR count). The fourth-order valence-corrected chi connectivity index (χ4v) is 6.16. The molecule has 0 unspecified atom stereocenters. The Kier molecular flexibility index (Phi) is 9.41. The van der Waals surface area contributed by atoms with Crippen LogP contribution in [0.5, 0.6) is 11.5 Å². The molecule has 256 valence electrons. The van der Waals surface area contributed by atoms with Gasteiger partial charge in [0.15, 0.2) is 11.2 Å². The molecule has 3 atom stereocenters. The number of imidazole rings is 1. The molecule has 0 bridgehead atoms. The molecule has 1 fully saturated rings. The third-order valence-electron chi connectivity index (χ3n) is 8.83. The number of anilines is 1. The van der Waals surface area contributed by atoms with E-state index < -0.39 is 35.3 Å². The molecule has 1 aliphatic heterocycles. The van der Waals surface area contributed by atoms with Crippen LogP contribution in [0.2, 0.25) is 0 Å². The van der Waals surface area contributed by atoms with Gasteiger partial charge < -0.3 is 24.1 Å². The molecule has 0 radical (unpaired) electrons. The summed E-state index contributed by atoms with van der Waals surface area (Å²) in [4.78, 5) is 45.8. The molecular weight excluding hydrogens is 630 g/mol. The number of H-pyrrole nitrogens is 1. The molecule has 1 aliphatic rings. The van der Waals surface area contributed by atoms with Gasteiger partial charge in [0, 0.05) is 19.4 Å². The number of amides is 1. The van der Waals surface area contributed by atoms with Gasteiger partial charge in [-0.2, -0.15) is 4.98 Å². The van der Waals surface area contributed by atoms with Crippen LogP contribution in [0.15, 0.2) is 88.5 Å². The summed E-state index contributed by atoms with van der Waals surface area (Å²) in [5.74, 6) is 0.538. The van der Waals surface area contributed by atoms with Gasteiger partial charge in [0.05, 0.1) is 26.9 Å². The Hall–Kier alpha value is -5.24. The average molecular weight is 670 g/mol. The van der Waals surface area contributed by atoms with Crippen molar-refractivity contribution in [3.05, 3.63) is 116 Å². The zero-order chi connectivity index (χ0) is 34.9. The second kappa shape index (κ2) is 13.7. The molecule has 3 heterocycles. The van der Waals surface area contributed by atoms with Crippen LogP contribution in [-0.4, -0.2) is 63.2 Å². The molecule has 2 aromatic heterocycles. The van der Waals surface area contributed by atoms with Gasteiger partial charge in [0.2, 0.25) is 11.9 Å². The van der Waals surface area contributed by atoms with Gasteiger partial charge in [-0.15, -0.1) is 0 Å². The van der Waals surface area contributed by atoms with Crippen LogP contribution in [0, 0.1) is 5.92 Å². The quantitative estimate of drug-likeness (QED) is 0.178. The summed E-state index contributed by atoms with van der Waals surface area (Å²) < 4.78 is 26.5. The molecule has 3 N–H and O–H groups in total. The Morgan fingerprint density at radius 3 is 2.10 bits per heavy atom. The summed E-state index contributed by atoms with van der Waals surface area (Å²) in [6.45, 7) is 3.33. The van der Waals surface area contributed by atoms with Gasteiger partial charge >= 0.3 is 5.69 Å². The Labute approximate surface area is 282 Å². The number of aryl methyl sites for hydroxylation is 1. The summed E-state index contributed by atoms with van der Waals surface area (Å²) in [6, 6.07) is 24.9. The van der Waals surface area contributed by atoms with Gasteiger partial charge in [0.1, 0.15) is 29.4 Å².